The summed E-state index contributed by atoms with van der Waals surface area (Å²) in [5, 5.41) is 0. The van der Waals surface area contributed by atoms with E-state index < -0.39 is 0 Å². The van der Waals surface area contributed by atoms with Crippen molar-refractivity contribution in [2.24, 2.45) is 5.73 Å². The van der Waals surface area contributed by atoms with E-state index in [9.17, 15) is 0 Å². The molecule has 0 saturated heterocycles. The number of nitrogens with two attached hydrogens (primary N) is 1. The van der Waals surface area contributed by atoms with Crippen LogP contribution in [0, 0.1) is 0 Å². The minimum Gasteiger partial charge on any atom is -0.486 e. The molecule has 3 nitrogen and oxygen atoms in total. The Bertz CT molecular complexity index is 390. The molecule has 1 atom stereocenters. The van der Waals surface area contributed by atoms with Gasteiger partial charge in [-0.3, -0.25) is 0 Å². The van der Waals surface area contributed by atoms with Crippen molar-refractivity contribution >= 4 is 0 Å². The van der Waals surface area contributed by atoms with Gasteiger partial charge in [-0.1, -0.05) is 13.8 Å². The second-order valence-corrected chi connectivity index (χ2v) is 4.53. The minimum absolute atomic E-state index is 0.478. The zero-order chi connectivity index (χ0) is 12.3. The Morgan fingerprint density at radius 3 is 2.47 bits per heavy atom. The highest BCUT2D eigenvalue weighted by atomic mass is 16.6. The monoisotopic (exact) mass is 235 g/mol. The third kappa shape index (κ3) is 2.55. The van der Waals surface area contributed by atoms with E-state index in [-0.39, 0.29) is 0 Å². The Hall–Kier alpha value is -1.22. The van der Waals surface area contributed by atoms with Gasteiger partial charge in [-0.25, -0.2) is 0 Å². The summed E-state index contributed by atoms with van der Waals surface area (Å²) in [5.74, 6) is 2.25. The molecular weight excluding hydrogens is 214 g/mol. The second kappa shape index (κ2) is 5.41. The summed E-state index contributed by atoms with van der Waals surface area (Å²) < 4.78 is 11.2. The van der Waals surface area contributed by atoms with Crippen molar-refractivity contribution in [2.45, 2.75) is 32.6 Å². The summed E-state index contributed by atoms with van der Waals surface area (Å²) in [7, 11) is 0. The molecule has 0 aliphatic carbocycles. The first-order chi connectivity index (χ1) is 8.26. The van der Waals surface area contributed by atoms with Crippen molar-refractivity contribution in [2.75, 3.05) is 19.8 Å². The molecule has 0 aromatic heterocycles. The average Bonchev–Trinajstić information content (AvgIpc) is 2.37. The highest BCUT2D eigenvalue weighted by Crippen LogP contribution is 2.36. The molecule has 1 aliphatic heterocycles. The second-order valence-electron chi connectivity index (χ2n) is 4.53. The number of rotatable bonds is 4. The van der Waals surface area contributed by atoms with Gasteiger partial charge in [0.1, 0.15) is 13.2 Å². The molecule has 17 heavy (non-hydrogen) atoms. The number of benzene rings is 1. The van der Waals surface area contributed by atoms with E-state index in [1.54, 1.807) is 0 Å². The fourth-order valence-corrected chi connectivity index (χ4v) is 2.32. The van der Waals surface area contributed by atoms with Gasteiger partial charge in [0, 0.05) is 0 Å². The van der Waals surface area contributed by atoms with Gasteiger partial charge < -0.3 is 15.2 Å². The van der Waals surface area contributed by atoms with Crippen molar-refractivity contribution in [3.63, 3.8) is 0 Å². The van der Waals surface area contributed by atoms with Crippen LogP contribution in [0.3, 0.4) is 0 Å². The minimum atomic E-state index is 0.478. The molecule has 1 aromatic rings. The lowest BCUT2D eigenvalue weighted by molar-refractivity contribution is 0.171. The summed E-state index contributed by atoms with van der Waals surface area (Å²) in [5.41, 5.74) is 8.33. The van der Waals surface area contributed by atoms with E-state index >= 15 is 0 Å². The van der Waals surface area contributed by atoms with E-state index in [1.165, 1.54) is 11.1 Å². The number of hydrogen-bond acceptors (Lipinski definition) is 3. The van der Waals surface area contributed by atoms with E-state index in [1.807, 2.05) is 0 Å². The fourth-order valence-electron chi connectivity index (χ4n) is 2.32. The molecule has 1 aliphatic rings. The molecule has 2 N–H and O–H groups in total. The van der Waals surface area contributed by atoms with Gasteiger partial charge in [0.05, 0.1) is 0 Å². The third-order valence-electron chi connectivity index (χ3n) is 3.32. The van der Waals surface area contributed by atoms with Crippen molar-refractivity contribution in [3.8, 4) is 11.5 Å². The van der Waals surface area contributed by atoms with Gasteiger partial charge in [0.25, 0.3) is 0 Å². The van der Waals surface area contributed by atoms with Crippen LogP contribution >= 0.6 is 0 Å². The molecule has 3 heteroatoms. The maximum atomic E-state index is 5.64. The zero-order valence-corrected chi connectivity index (χ0v) is 10.7. The molecule has 0 radical (unpaired) electrons. The SMILES string of the molecule is CCc1cc2c(cc1C(C)CCN)OCCO2. The van der Waals surface area contributed by atoms with Crippen molar-refractivity contribution < 1.29 is 9.47 Å². The van der Waals surface area contributed by atoms with E-state index in [0.29, 0.717) is 19.1 Å². The summed E-state index contributed by atoms with van der Waals surface area (Å²) >= 11 is 0. The predicted molar refractivity (Wildman–Crippen MR) is 68.9 cm³/mol. The van der Waals surface area contributed by atoms with Crippen molar-refractivity contribution in [3.05, 3.63) is 23.3 Å². The van der Waals surface area contributed by atoms with Crippen molar-refractivity contribution in [1.82, 2.24) is 0 Å². The first-order valence-electron chi connectivity index (χ1n) is 6.38. The number of fused-ring (bicyclic) bond motifs is 1. The molecule has 0 amide bonds. The summed E-state index contributed by atoms with van der Waals surface area (Å²) in [4.78, 5) is 0. The van der Waals surface area contributed by atoms with E-state index in [2.05, 4.69) is 26.0 Å². The molecule has 0 saturated carbocycles. The maximum Gasteiger partial charge on any atom is 0.161 e. The molecule has 0 bridgehead atoms. The van der Waals surface area contributed by atoms with E-state index in [4.69, 9.17) is 15.2 Å². The first-order valence-corrected chi connectivity index (χ1v) is 6.38. The molecule has 1 aromatic carbocycles. The van der Waals surface area contributed by atoms with Gasteiger partial charge >= 0.3 is 0 Å². The van der Waals surface area contributed by atoms with Crippen LogP contribution in [-0.2, 0) is 6.42 Å². The summed E-state index contributed by atoms with van der Waals surface area (Å²) in [6.07, 6.45) is 2.02. The molecule has 2 rings (SSSR count). The topological polar surface area (TPSA) is 44.5 Å². The Morgan fingerprint density at radius 1 is 1.24 bits per heavy atom. The fraction of sp³-hybridized carbons (Fsp3) is 0.571. The number of hydrogen-bond donors (Lipinski definition) is 1. The van der Waals surface area contributed by atoms with Crippen LogP contribution in [0.15, 0.2) is 12.1 Å². The molecule has 0 spiro atoms. The normalized spacial score (nSPS) is 15.7. The van der Waals surface area contributed by atoms with E-state index in [0.717, 1.165) is 30.9 Å². The molecule has 1 unspecified atom stereocenters. The van der Waals surface area contributed by atoms with Crippen LogP contribution in [0.1, 0.15) is 37.3 Å². The Labute approximate surface area is 103 Å². The summed E-state index contributed by atoms with van der Waals surface area (Å²) in [6, 6.07) is 4.25. The van der Waals surface area contributed by atoms with Gasteiger partial charge in [-0.2, -0.15) is 0 Å². The largest absolute Gasteiger partial charge is 0.486 e. The maximum absolute atomic E-state index is 5.64. The standard InChI is InChI=1S/C14H21NO2/c1-3-11-8-13-14(17-7-6-16-13)9-12(11)10(2)4-5-15/h8-10H,3-7,15H2,1-2H3. The molecule has 1 heterocycles. The van der Waals surface area contributed by atoms with Crippen LogP contribution in [0.5, 0.6) is 11.5 Å². The van der Waals surface area contributed by atoms with Crippen molar-refractivity contribution in [1.29, 1.82) is 0 Å². The summed E-state index contributed by atoms with van der Waals surface area (Å²) in [6.45, 7) is 6.40. The predicted octanol–water partition coefficient (Wildman–Crippen LogP) is 2.47. The Kier molecular flexibility index (Phi) is 3.89. The molecule has 94 valence electrons. The lowest BCUT2D eigenvalue weighted by atomic mass is 9.91. The smallest absolute Gasteiger partial charge is 0.161 e. The first kappa shape index (κ1) is 12.2. The highest BCUT2D eigenvalue weighted by molar-refractivity contribution is 5.49. The average molecular weight is 235 g/mol. The van der Waals surface area contributed by atoms with Crippen LogP contribution in [-0.4, -0.2) is 19.8 Å². The highest BCUT2D eigenvalue weighted by Gasteiger charge is 2.17. The van der Waals surface area contributed by atoms with Gasteiger partial charge in [-0.15, -0.1) is 0 Å². The van der Waals surface area contributed by atoms with Crippen LogP contribution in [0.2, 0.25) is 0 Å². The van der Waals surface area contributed by atoms with Gasteiger partial charge in [-0.05, 0) is 48.6 Å². The van der Waals surface area contributed by atoms with Crippen LogP contribution in [0.4, 0.5) is 0 Å². The lowest BCUT2D eigenvalue weighted by Gasteiger charge is -2.23. The zero-order valence-electron chi connectivity index (χ0n) is 10.7. The molecule has 0 fully saturated rings. The number of ether oxygens (including phenoxy) is 2. The number of aryl methyl sites for hydroxylation is 1. The quantitative estimate of drug-likeness (QED) is 0.872. The van der Waals surface area contributed by atoms with Gasteiger partial charge in [0.2, 0.25) is 0 Å². The Balaban J connectivity index is 2.36. The lowest BCUT2D eigenvalue weighted by Crippen LogP contribution is -2.16. The molecular formula is C14H21NO2. The van der Waals surface area contributed by atoms with Crippen LogP contribution < -0.4 is 15.2 Å². The third-order valence-corrected chi connectivity index (χ3v) is 3.32. The van der Waals surface area contributed by atoms with Crippen LogP contribution in [0.25, 0.3) is 0 Å². The Morgan fingerprint density at radius 2 is 1.88 bits per heavy atom. The van der Waals surface area contributed by atoms with Gasteiger partial charge in [0.15, 0.2) is 11.5 Å².